The minimum Gasteiger partial charge on any atom is -0.465 e. The number of aryl methyl sites for hydroxylation is 2. The summed E-state index contributed by atoms with van der Waals surface area (Å²) in [7, 11) is 3.27. The molecule has 1 N–H and O–H groups in total. The number of fused-ring (bicyclic) bond motifs is 1. The number of amides is 1. The van der Waals surface area contributed by atoms with Gasteiger partial charge >= 0.3 is 5.97 Å². The summed E-state index contributed by atoms with van der Waals surface area (Å²) < 4.78 is 6.76. The molecule has 2 heterocycles. The van der Waals surface area contributed by atoms with Crippen molar-refractivity contribution in [1.29, 1.82) is 0 Å². The average Bonchev–Trinajstić information content (AvgIpc) is 3.28. The van der Waals surface area contributed by atoms with Crippen LogP contribution in [0.15, 0.2) is 12.4 Å². The van der Waals surface area contributed by atoms with Crippen molar-refractivity contribution in [3.05, 3.63) is 34.0 Å². The number of ether oxygens (including phenoxy) is 1. The van der Waals surface area contributed by atoms with E-state index in [1.165, 1.54) is 18.4 Å². The quantitative estimate of drug-likeness (QED) is 0.659. The molecule has 0 aliphatic heterocycles. The lowest BCUT2D eigenvalue weighted by molar-refractivity contribution is -0.117. The lowest BCUT2D eigenvalue weighted by Crippen LogP contribution is -2.16. The molecule has 0 spiro atoms. The Morgan fingerprint density at radius 2 is 2.12 bits per heavy atom. The Labute approximate surface area is 156 Å². The van der Waals surface area contributed by atoms with Crippen molar-refractivity contribution in [2.75, 3.05) is 12.4 Å². The molecule has 4 rings (SSSR count). The molecule has 6 nitrogen and oxygen atoms in total. The van der Waals surface area contributed by atoms with Gasteiger partial charge in [-0.2, -0.15) is 5.10 Å². The zero-order valence-electron chi connectivity index (χ0n) is 15.1. The standard InChI is InChI=1S/C19H23N3O3S/c1-22-10-11(9-20-22)13-8-14(13)17(23)21-18-16(19(24)25-2)12-6-4-3-5-7-15(12)26-18/h9-10,13-14H,3-8H2,1-2H3,(H,21,23)/t13-,14-/m1/s1. The van der Waals surface area contributed by atoms with Gasteiger partial charge in [-0.05, 0) is 49.1 Å². The summed E-state index contributed by atoms with van der Waals surface area (Å²) in [5.74, 6) is -0.186. The number of methoxy groups -OCH3 is 1. The molecular weight excluding hydrogens is 350 g/mol. The number of carbonyl (C=O) groups excluding carboxylic acids is 2. The van der Waals surface area contributed by atoms with Crippen LogP contribution in [-0.4, -0.2) is 28.8 Å². The van der Waals surface area contributed by atoms with Crippen molar-refractivity contribution in [2.45, 2.75) is 44.4 Å². The summed E-state index contributed by atoms with van der Waals surface area (Å²) in [6.45, 7) is 0. The minimum absolute atomic E-state index is 0.0135. The van der Waals surface area contributed by atoms with Gasteiger partial charge in [-0.15, -0.1) is 11.3 Å². The molecule has 26 heavy (non-hydrogen) atoms. The Bertz CT molecular complexity index is 854. The van der Waals surface area contributed by atoms with Gasteiger partial charge in [-0.25, -0.2) is 4.79 Å². The van der Waals surface area contributed by atoms with Gasteiger partial charge in [0.25, 0.3) is 0 Å². The van der Waals surface area contributed by atoms with Gasteiger partial charge < -0.3 is 10.1 Å². The molecule has 138 valence electrons. The number of carbonyl (C=O) groups is 2. The molecule has 2 aliphatic rings. The van der Waals surface area contributed by atoms with E-state index in [1.54, 1.807) is 16.0 Å². The van der Waals surface area contributed by atoms with E-state index < -0.39 is 0 Å². The molecule has 1 amide bonds. The number of nitrogens with one attached hydrogen (secondary N) is 1. The number of hydrogen-bond acceptors (Lipinski definition) is 5. The summed E-state index contributed by atoms with van der Waals surface area (Å²) in [6.07, 6.45) is 9.86. The normalized spacial score (nSPS) is 21.6. The van der Waals surface area contributed by atoms with Gasteiger partial charge in [0.15, 0.2) is 0 Å². The third-order valence-electron chi connectivity index (χ3n) is 5.33. The van der Waals surface area contributed by atoms with Gasteiger partial charge in [0.2, 0.25) is 5.91 Å². The first-order valence-corrected chi connectivity index (χ1v) is 9.92. The number of hydrogen-bond donors (Lipinski definition) is 1. The van der Waals surface area contributed by atoms with Crippen LogP contribution in [0.1, 0.15) is 58.0 Å². The van der Waals surface area contributed by atoms with Crippen LogP contribution in [0, 0.1) is 5.92 Å². The van der Waals surface area contributed by atoms with E-state index >= 15 is 0 Å². The van der Waals surface area contributed by atoms with E-state index in [4.69, 9.17) is 4.74 Å². The fraction of sp³-hybridized carbons (Fsp3) is 0.526. The van der Waals surface area contributed by atoms with Crippen LogP contribution in [-0.2, 0) is 29.4 Å². The second kappa shape index (κ2) is 6.87. The van der Waals surface area contributed by atoms with E-state index in [0.717, 1.165) is 43.2 Å². The molecule has 0 bridgehead atoms. The predicted molar refractivity (Wildman–Crippen MR) is 99.6 cm³/mol. The molecular formula is C19H23N3O3S. The van der Waals surface area contributed by atoms with Crippen LogP contribution in [0.4, 0.5) is 5.00 Å². The number of nitrogens with zero attached hydrogens (tertiary/aromatic N) is 2. The first-order chi connectivity index (χ1) is 12.6. The van der Waals surface area contributed by atoms with Gasteiger partial charge in [0.05, 0.1) is 18.9 Å². The fourth-order valence-electron chi connectivity index (χ4n) is 3.84. The summed E-state index contributed by atoms with van der Waals surface area (Å²) in [5.41, 5.74) is 2.75. The highest BCUT2D eigenvalue weighted by Crippen LogP contribution is 2.48. The second-order valence-corrected chi connectivity index (χ2v) is 8.25. The van der Waals surface area contributed by atoms with Crippen molar-refractivity contribution >= 4 is 28.2 Å². The van der Waals surface area contributed by atoms with E-state index in [2.05, 4.69) is 10.4 Å². The molecule has 0 aromatic carbocycles. The van der Waals surface area contributed by atoms with Crippen LogP contribution < -0.4 is 5.32 Å². The first kappa shape index (κ1) is 17.3. The van der Waals surface area contributed by atoms with Crippen molar-refractivity contribution in [3.8, 4) is 0 Å². The number of rotatable bonds is 4. The average molecular weight is 373 g/mol. The molecule has 7 heteroatoms. The van der Waals surface area contributed by atoms with Crippen molar-refractivity contribution in [2.24, 2.45) is 13.0 Å². The maximum atomic E-state index is 12.7. The van der Waals surface area contributed by atoms with Crippen LogP contribution in [0.3, 0.4) is 0 Å². The van der Waals surface area contributed by atoms with Crippen molar-refractivity contribution in [1.82, 2.24) is 9.78 Å². The maximum absolute atomic E-state index is 12.7. The van der Waals surface area contributed by atoms with Gasteiger partial charge in [-0.3, -0.25) is 9.48 Å². The topological polar surface area (TPSA) is 73.2 Å². The van der Waals surface area contributed by atoms with Crippen LogP contribution in [0.2, 0.25) is 0 Å². The summed E-state index contributed by atoms with van der Waals surface area (Å²) in [6, 6.07) is 0. The van der Waals surface area contributed by atoms with Gasteiger partial charge in [0.1, 0.15) is 5.00 Å². The molecule has 2 aliphatic carbocycles. The van der Waals surface area contributed by atoms with E-state index in [9.17, 15) is 9.59 Å². The summed E-state index contributed by atoms with van der Waals surface area (Å²) >= 11 is 1.54. The Morgan fingerprint density at radius 3 is 2.85 bits per heavy atom. The van der Waals surface area contributed by atoms with Gasteiger partial charge in [0, 0.05) is 24.0 Å². The molecule has 2 atom stereocenters. The second-order valence-electron chi connectivity index (χ2n) is 7.15. The largest absolute Gasteiger partial charge is 0.465 e. The smallest absolute Gasteiger partial charge is 0.341 e. The molecule has 1 fully saturated rings. The number of aromatic nitrogens is 2. The third kappa shape index (κ3) is 3.16. The Kier molecular flexibility index (Phi) is 4.56. The minimum atomic E-state index is -0.348. The lowest BCUT2D eigenvalue weighted by Gasteiger charge is -2.07. The highest BCUT2D eigenvalue weighted by atomic mass is 32.1. The lowest BCUT2D eigenvalue weighted by atomic mass is 10.1. The predicted octanol–water partition coefficient (Wildman–Crippen LogP) is 3.28. The van der Waals surface area contributed by atoms with E-state index in [-0.39, 0.29) is 23.7 Å². The molecule has 0 saturated heterocycles. The van der Waals surface area contributed by atoms with Crippen LogP contribution in [0.5, 0.6) is 0 Å². The molecule has 1 saturated carbocycles. The monoisotopic (exact) mass is 373 g/mol. The summed E-state index contributed by atoms with van der Waals surface area (Å²) in [4.78, 5) is 26.3. The zero-order chi connectivity index (χ0) is 18.3. The third-order valence-corrected chi connectivity index (χ3v) is 6.53. The van der Waals surface area contributed by atoms with Crippen LogP contribution >= 0.6 is 11.3 Å². The first-order valence-electron chi connectivity index (χ1n) is 9.10. The highest BCUT2D eigenvalue weighted by Gasteiger charge is 2.45. The summed E-state index contributed by atoms with van der Waals surface area (Å²) in [5, 5.41) is 7.86. The fourth-order valence-corrected chi connectivity index (χ4v) is 5.12. The number of anilines is 1. The number of esters is 1. The number of thiophene rings is 1. The van der Waals surface area contributed by atoms with E-state index in [0.29, 0.717) is 10.6 Å². The molecule has 0 unspecified atom stereocenters. The molecule has 2 aromatic heterocycles. The molecule has 2 aromatic rings. The Morgan fingerprint density at radius 1 is 1.31 bits per heavy atom. The Hall–Kier alpha value is -2.15. The SMILES string of the molecule is COC(=O)c1c(NC(=O)[C@@H]2C[C@@H]2c2cnn(C)c2)sc2c1CCCCC2. The Balaban J connectivity index is 1.54. The van der Waals surface area contributed by atoms with Crippen molar-refractivity contribution < 1.29 is 14.3 Å². The maximum Gasteiger partial charge on any atom is 0.341 e. The van der Waals surface area contributed by atoms with Crippen molar-refractivity contribution in [3.63, 3.8) is 0 Å². The molecule has 0 radical (unpaired) electrons. The van der Waals surface area contributed by atoms with Crippen LogP contribution in [0.25, 0.3) is 0 Å². The van der Waals surface area contributed by atoms with Gasteiger partial charge in [-0.1, -0.05) is 6.42 Å². The van der Waals surface area contributed by atoms with E-state index in [1.807, 2.05) is 19.4 Å². The highest BCUT2D eigenvalue weighted by molar-refractivity contribution is 7.17. The zero-order valence-corrected chi connectivity index (χ0v) is 15.9.